The number of aliphatic hydroxyl groups is 1. The largest absolute Gasteiger partial charge is 0.391 e. The number of aliphatic hydroxyl groups excluding tert-OH is 1. The predicted molar refractivity (Wildman–Crippen MR) is 112 cm³/mol. The molecule has 3 fully saturated rings. The molecule has 31 heavy (non-hydrogen) atoms. The Morgan fingerprint density at radius 1 is 1.39 bits per heavy atom. The smallest absolute Gasteiger partial charge is 0.241 e. The summed E-state index contributed by atoms with van der Waals surface area (Å²) in [5, 5.41) is 16.3. The molecule has 1 aromatic rings. The molecule has 3 N–H and O–H groups in total. The maximum atomic E-state index is 13.9. The number of rotatable bonds is 4. The summed E-state index contributed by atoms with van der Waals surface area (Å²) in [5.41, 5.74) is 0.0399. The van der Waals surface area contributed by atoms with Crippen LogP contribution in [-0.4, -0.2) is 60.2 Å². The molecule has 8 heteroatoms. The first-order chi connectivity index (χ1) is 14.9. The van der Waals surface area contributed by atoms with Crippen LogP contribution in [0.5, 0.6) is 0 Å². The van der Waals surface area contributed by atoms with Gasteiger partial charge in [-0.3, -0.25) is 19.8 Å². The van der Waals surface area contributed by atoms with Crippen molar-refractivity contribution < 1.29 is 23.8 Å². The molecule has 2 spiro atoms. The molecule has 3 heterocycles. The maximum Gasteiger partial charge on any atom is 0.241 e. The maximum absolute atomic E-state index is 13.9. The molecule has 168 valence electrons. The molecule has 0 radical (unpaired) electrons. The molecule has 3 aliphatic heterocycles. The Labute approximate surface area is 181 Å². The third kappa shape index (κ3) is 2.95. The van der Waals surface area contributed by atoms with Gasteiger partial charge in [-0.25, -0.2) is 4.39 Å². The first-order valence-electron chi connectivity index (χ1n) is 11.3. The van der Waals surface area contributed by atoms with Gasteiger partial charge in [0.15, 0.2) is 6.80 Å². The van der Waals surface area contributed by atoms with Crippen LogP contribution in [0.4, 0.5) is 10.1 Å². The predicted octanol–water partition coefficient (Wildman–Crippen LogP) is 1.53. The molecule has 1 saturated carbocycles. The van der Waals surface area contributed by atoms with Gasteiger partial charge in [0, 0.05) is 5.54 Å². The van der Waals surface area contributed by atoms with E-state index in [1.54, 1.807) is 13.0 Å². The number of hydrogen-bond donors (Lipinski definition) is 3. The number of benzene rings is 1. The zero-order valence-electron chi connectivity index (χ0n) is 17.8. The van der Waals surface area contributed by atoms with Crippen molar-refractivity contribution in [3.8, 4) is 0 Å². The molecule has 2 saturated heterocycles. The van der Waals surface area contributed by atoms with Crippen LogP contribution in [0.3, 0.4) is 0 Å². The van der Waals surface area contributed by atoms with E-state index in [0.29, 0.717) is 25.1 Å². The third-order valence-electron chi connectivity index (χ3n) is 7.88. The Hall–Kier alpha value is -2.03. The number of hydrogen-bond acceptors (Lipinski definition) is 5. The Kier molecular flexibility index (Phi) is 5.07. The van der Waals surface area contributed by atoms with E-state index in [1.807, 2.05) is 18.2 Å². The first kappa shape index (κ1) is 20.8. The molecule has 3 unspecified atom stereocenters. The number of alkyl halides is 1. The fraction of sp³-hybridized carbons (Fsp3) is 0.652. The number of halogens is 1. The van der Waals surface area contributed by atoms with E-state index in [-0.39, 0.29) is 24.0 Å². The number of ether oxygens (including phenoxy) is 1. The number of anilines is 1. The molecule has 1 aromatic carbocycles. The van der Waals surface area contributed by atoms with E-state index in [2.05, 4.69) is 10.6 Å². The molecule has 5 atom stereocenters. The molecular formula is C23H30FN3O4. The number of carbonyl (C=O) groups excluding carboxylic acids is 2. The van der Waals surface area contributed by atoms with Crippen molar-refractivity contribution >= 4 is 17.5 Å². The van der Waals surface area contributed by atoms with Crippen molar-refractivity contribution in [2.24, 2.45) is 0 Å². The highest BCUT2D eigenvalue weighted by molar-refractivity contribution is 6.10. The molecule has 1 aliphatic carbocycles. The van der Waals surface area contributed by atoms with E-state index < -0.39 is 29.9 Å². The minimum atomic E-state index is -0.906. The van der Waals surface area contributed by atoms with Gasteiger partial charge >= 0.3 is 0 Å². The lowest BCUT2D eigenvalue weighted by Gasteiger charge is -2.49. The summed E-state index contributed by atoms with van der Waals surface area (Å²) < 4.78 is 19.6. The van der Waals surface area contributed by atoms with Crippen molar-refractivity contribution in [3.05, 3.63) is 29.8 Å². The van der Waals surface area contributed by atoms with Gasteiger partial charge in [0.2, 0.25) is 11.8 Å². The van der Waals surface area contributed by atoms with Crippen LogP contribution in [0, 0.1) is 0 Å². The summed E-state index contributed by atoms with van der Waals surface area (Å²) in [7, 11) is 0. The first-order valence-corrected chi connectivity index (χ1v) is 11.3. The Morgan fingerprint density at radius 3 is 2.77 bits per heavy atom. The number of nitrogens with zero attached hydrogens (tertiary/aromatic N) is 1. The van der Waals surface area contributed by atoms with Crippen molar-refractivity contribution in [2.45, 2.75) is 80.7 Å². The zero-order chi connectivity index (χ0) is 21.8. The summed E-state index contributed by atoms with van der Waals surface area (Å²) in [6, 6.07) is 6.76. The van der Waals surface area contributed by atoms with E-state index in [9.17, 15) is 19.1 Å². The standard InChI is InChI=1S/C23H30FN3O4/c1-14(28)19-8-7-15(12-31-19)25-20(29)17-11-23(22(26-17)9-4-10-22)16-5-2-3-6-18(16)27(13-24)21(23)30/h2-3,5-6,14-15,17,19,26,28H,4,7-13H2,1H3,(H,25,29)/t14?,15-,17?,19+,23?/m1/s1. The fourth-order valence-electron chi connectivity index (χ4n) is 6.14. The van der Waals surface area contributed by atoms with Crippen LogP contribution in [0.1, 0.15) is 51.0 Å². The molecule has 4 aliphatic rings. The third-order valence-corrected chi connectivity index (χ3v) is 7.88. The van der Waals surface area contributed by atoms with Crippen LogP contribution < -0.4 is 15.5 Å². The summed E-state index contributed by atoms with van der Waals surface area (Å²) in [5.74, 6) is -0.379. The van der Waals surface area contributed by atoms with Gasteiger partial charge in [-0.05, 0) is 57.1 Å². The van der Waals surface area contributed by atoms with Gasteiger partial charge in [0.1, 0.15) is 0 Å². The second kappa shape index (κ2) is 7.53. The van der Waals surface area contributed by atoms with Crippen LogP contribution in [0.2, 0.25) is 0 Å². The molecule has 0 aromatic heterocycles. The summed E-state index contributed by atoms with van der Waals surface area (Å²) in [6.45, 7) is 1.21. The number of carbonyl (C=O) groups is 2. The normalized spacial score (nSPS) is 34.6. The molecular weight excluding hydrogens is 401 g/mol. The van der Waals surface area contributed by atoms with Crippen molar-refractivity contribution in [2.75, 3.05) is 18.3 Å². The summed E-state index contributed by atoms with van der Waals surface area (Å²) >= 11 is 0. The molecule has 5 rings (SSSR count). The molecule has 7 nitrogen and oxygen atoms in total. The topological polar surface area (TPSA) is 90.9 Å². The highest BCUT2D eigenvalue weighted by Crippen LogP contribution is 2.60. The summed E-state index contributed by atoms with van der Waals surface area (Å²) in [4.78, 5) is 28.0. The zero-order valence-corrected chi connectivity index (χ0v) is 17.8. The van der Waals surface area contributed by atoms with E-state index in [0.717, 1.165) is 31.2 Å². The van der Waals surface area contributed by atoms with E-state index in [4.69, 9.17) is 4.74 Å². The lowest BCUT2D eigenvalue weighted by Crippen LogP contribution is -2.63. The highest BCUT2D eigenvalue weighted by Gasteiger charge is 2.70. The SMILES string of the molecule is CC(O)[C@@H]1CC[C@@H](NC(=O)C2CC3(C(=O)N(CF)c4ccccc43)C3(CCC3)N2)CO1. The monoisotopic (exact) mass is 431 g/mol. The van der Waals surface area contributed by atoms with E-state index >= 15 is 0 Å². The second-order valence-corrected chi connectivity index (χ2v) is 9.51. The Bertz CT molecular complexity index is 881. The molecule has 2 amide bonds. The van der Waals surface area contributed by atoms with Gasteiger partial charge in [-0.1, -0.05) is 18.2 Å². The van der Waals surface area contributed by atoms with Gasteiger partial charge in [0.25, 0.3) is 0 Å². The minimum absolute atomic E-state index is 0.118. The van der Waals surface area contributed by atoms with Crippen LogP contribution in [0.25, 0.3) is 0 Å². The number of amides is 2. The van der Waals surface area contributed by atoms with Crippen LogP contribution in [-0.2, 0) is 19.7 Å². The average molecular weight is 432 g/mol. The van der Waals surface area contributed by atoms with Crippen LogP contribution in [0.15, 0.2) is 24.3 Å². The van der Waals surface area contributed by atoms with Crippen LogP contribution >= 0.6 is 0 Å². The number of nitrogens with one attached hydrogen (secondary N) is 2. The molecule has 0 bridgehead atoms. The van der Waals surface area contributed by atoms with E-state index in [1.165, 1.54) is 4.90 Å². The Balaban J connectivity index is 1.38. The average Bonchev–Trinajstić information content (AvgIpc) is 3.23. The van der Waals surface area contributed by atoms with Crippen molar-refractivity contribution in [3.63, 3.8) is 0 Å². The number of para-hydroxylation sites is 1. The highest BCUT2D eigenvalue weighted by atomic mass is 19.1. The second-order valence-electron chi connectivity index (χ2n) is 9.51. The lowest BCUT2D eigenvalue weighted by molar-refractivity contribution is -0.127. The van der Waals surface area contributed by atoms with Gasteiger partial charge in [-0.15, -0.1) is 0 Å². The van der Waals surface area contributed by atoms with Gasteiger partial charge in [0.05, 0.1) is 42.0 Å². The minimum Gasteiger partial charge on any atom is -0.391 e. The van der Waals surface area contributed by atoms with Crippen molar-refractivity contribution in [1.29, 1.82) is 0 Å². The Morgan fingerprint density at radius 2 is 2.16 bits per heavy atom. The van der Waals surface area contributed by atoms with Crippen molar-refractivity contribution in [1.82, 2.24) is 10.6 Å². The fourth-order valence-corrected chi connectivity index (χ4v) is 6.14. The quantitative estimate of drug-likeness (QED) is 0.629. The number of fused-ring (bicyclic) bond motifs is 3. The van der Waals surface area contributed by atoms with Gasteiger partial charge < -0.3 is 15.2 Å². The summed E-state index contributed by atoms with van der Waals surface area (Å²) in [6.07, 6.45) is 3.59. The van der Waals surface area contributed by atoms with Gasteiger partial charge in [-0.2, -0.15) is 0 Å². The lowest BCUT2D eigenvalue weighted by atomic mass is 9.57.